The molecule has 1 aliphatic rings. The smallest absolute Gasteiger partial charge is 0.408 e. The van der Waals surface area contributed by atoms with Crippen LogP contribution in [0.1, 0.15) is 52.5 Å². The highest BCUT2D eigenvalue weighted by atomic mass is 16.6. The van der Waals surface area contributed by atoms with Gasteiger partial charge in [0.05, 0.1) is 0 Å². The first-order valence-electron chi connectivity index (χ1n) is 7.76. The molecule has 0 bridgehead atoms. The maximum Gasteiger partial charge on any atom is 0.408 e. The van der Waals surface area contributed by atoms with E-state index in [2.05, 4.69) is 5.32 Å². The molecule has 1 saturated carbocycles. The number of nitrogens with one attached hydrogen (secondary N) is 1. The molecule has 0 radical (unpaired) electrons. The van der Waals surface area contributed by atoms with Gasteiger partial charge in [-0.1, -0.05) is 44.2 Å². The van der Waals surface area contributed by atoms with Crippen LogP contribution in [0.4, 0.5) is 4.79 Å². The van der Waals surface area contributed by atoms with Crippen LogP contribution in [-0.2, 0) is 9.53 Å². The monoisotopic (exact) mass is 303 g/mol. The Morgan fingerprint density at radius 1 is 1.23 bits per heavy atom. The van der Waals surface area contributed by atoms with Crippen LogP contribution < -0.4 is 5.32 Å². The van der Waals surface area contributed by atoms with E-state index >= 15 is 0 Å². The zero-order chi connectivity index (χ0) is 16.5. The molecule has 1 aromatic rings. The van der Waals surface area contributed by atoms with Crippen molar-refractivity contribution in [2.45, 2.75) is 58.1 Å². The lowest BCUT2D eigenvalue weighted by Crippen LogP contribution is -2.48. The summed E-state index contributed by atoms with van der Waals surface area (Å²) in [6, 6.07) is 9.84. The summed E-state index contributed by atoms with van der Waals surface area (Å²) in [5.74, 6) is -0.0491. The highest BCUT2D eigenvalue weighted by Gasteiger charge is 2.62. The molecule has 0 aromatic heterocycles. The predicted octanol–water partition coefficient (Wildman–Crippen LogP) is 3.66. The SMILES string of the molecule is CC(C)C(=O)[C@]1(NC(=O)OC(C)(C)C)C[C@H]1c1ccccc1. The minimum absolute atomic E-state index is 0.0242. The molecule has 22 heavy (non-hydrogen) atoms. The molecule has 2 atom stereocenters. The summed E-state index contributed by atoms with van der Waals surface area (Å²) >= 11 is 0. The van der Waals surface area contributed by atoms with Crippen molar-refractivity contribution in [3.63, 3.8) is 0 Å². The van der Waals surface area contributed by atoms with E-state index in [0.29, 0.717) is 6.42 Å². The predicted molar refractivity (Wildman–Crippen MR) is 85.7 cm³/mol. The third kappa shape index (κ3) is 3.49. The normalized spacial score (nSPS) is 24.0. The fourth-order valence-corrected chi connectivity index (χ4v) is 2.82. The van der Waals surface area contributed by atoms with Gasteiger partial charge >= 0.3 is 6.09 Å². The number of hydrogen-bond acceptors (Lipinski definition) is 3. The number of benzene rings is 1. The van der Waals surface area contributed by atoms with E-state index in [0.717, 1.165) is 5.56 Å². The van der Waals surface area contributed by atoms with Crippen molar-refractivity contribution in [1.82, 2.24) is 5.32 Å². The van der Waals surface area contributed by atoms with Crippen molar-refractivity contribution >= 4 is 11.9 Å². The first-order valence-corrected chi connectivity index (χ1v) is 7.76. The topological polar surface area (TPSA) is 55.4 Å². The molecule has 1 aromatic carbocycles. The van der Waals surface area contributed by atoms with Gasteiger partial charge < -0.3 is 10.1 Å². The molecule has 4 heteroatoms. The summed E-state index contributed by atoms with van der Waals surface area (Å²) in [7, 11) is 0. The number of carbonyl (C=O) groups excluding carboxylic acids is 2. The average Bonchev–Trinajstić information content (AvgIpc) is 3.11. The first-order chi connectivity index (χ1) is 10.2. The summed E-state index contributed by atoms with van der Waals surface area (Å²) in [5, 5.41) is 2.84. The number of ketones is 1. The van der Waals surface area contributed by atoms with E-state index in [1.54, 1.807) is 0 Å². The molecule has 1 aliphatic carbocycles. The van der Waals surface area contributed by atoms with Gasteiger partial charge in [0.2, 0.25) is 0 Å². The summed E-state index contributed by atoms with van der Waals surface area (Å²) in [5.41, 5.74) is -0.325. The Kier molecular flexibility index (Phi) is 4.32. The Morgan fingerprint density at radius 3 is 2.32 bits per heavy atom. The molecule has 1 amide bonds. The highest BCUT2D eigenvalue weighted by molar-refractivity contribution is 5.97. The van der Waals surface area contributed by atoms with Gasteiger partial charge in [0.1, 0.15) is 11.1 Å². The largest absolute Gasteiger partial charge is 0.444 e. The van der Waals surface area contributed by atoms with E-state index in [4.69, 9.17) is 4.74 Å². The van der Waals surface area contributed by atoms with E-state index in [1.165, 1.54) is 0 Å². The second-order valence-corrected chi connectivity index (χ2v) is 7.28. The summed E-state index contributed by atoms with van der Waals surface area (Å²) < 4.78 is 5.33. The van der Waals surface area contributed by atoms with Crippen LogP contribution >= 0.6 is 0 Å². The Labute approximate surface area is 132 Å². The number of carbonyl (C=O) groups is 2. The molecule has 0 saturated heterocycles. The van der Waals surface area contributed by atoms with Crippen molar-refractivity contribution in [3.8, 4) is 0 Å². The first kappa shape index (κ1) is 16.5. The van der Waals surface area contributed by atoms with Crippen molar-refractivity contribution < 1.29 is 14.3 Å². The van der Waals surface area contributed by atoms with Crippen LogP contribution in [0.5, 0.6) is 0 Å². The van der Waals surface area contributed by atoms with Crippen molar-refractivity contribution in [1.29, 1.82) is 0 Å². The van der Waals surface area contributed by atoms with Gasteiger partial charge in [0.15, 0.2) is 5.78 Å². The second kappa shape index (κ2) is 5.75. The Balaban J connectivity index is 2.20. The number of hydrogen-bond donors (Lipinski definition) is 1. The fraction of sp³-hybridized carbons (Fsp3) is 0.556. The van der Waals surface area contributed by atoms with Gasteiger partial charge in [-0.25, -0.2) is 4.79 Å². The molecule has 0 spiro atoms. The van der Waals surface area contributed by atoms with Gasteiger partial charge in [-0.3, -0.25) is 4.79 Å². The van der Waals surface area contributed by atoms with Crippen LogP contribution in [0, 0.1) is 5.92 Å². The molecule has 1 fully saturated rings. The molecule has 2 rings (SSSR count). The van der Waals surface area contributed by atoms with E-state index in [9.17, 15) is 9.59 Å². The lowest BCUT2D eigenvalue weighted by molar-refractivity contribution is -0.125. The van der Waals surface area contributed by atoms with E-state index in [1.807, 2.05) is 65.0 Å². The van der Waals surface area contributed by atoms with Gasteiger partial charge in [-0.05, 0) is 32.8 Å². The zero-order valence-electron chi connectivity index (χ0n) is 14.0. The molecular formula is C18H25NO3. The van der Waals surface area contributed by atoms with Gasteiger partial charge in [0, 0.05) is 11.8 Å². The van der Waals surface area contributed by atoms with Crippen LogP contribution in [0.25, 0.3) is 0 Å². The molecular weight excluding hydrogens is 278 g/mol. The number of rotatable bonds is 4. The minimum atomic E-state index is -0.822. The number of ether oxygens (including phenoxy) is 1. The standard InChI is InChI=1S/C18H25NO3/c1-12(2)15(20)18(19-16(21)22-17(3,4)5)11-14(18)13-9-7-6-8-10-13/h6-10,12,14H,11H2,1-5H3,(H,19,21)/t14-,18-/m0/s1. The minimum Gasteiger partial charge on any atom is -0.444 e. The second-order valence-electron chi connectivity index (χ2n) is 7.28. The van der Waals surface area contributed by atoms with Gasteiger partial charge in [0.25, 0.3) is 0 Å². The third-order valence-electron chi connectivity index (χ3n) is 3.85. The summed E-state index contributed by atoms with van der Waals surface area (Å²) in [4.78, 5) is 24.8. The lowest BCUT2D eigenvalue weighted by atomic mass is 9.95. The lowest BCUT2D eigenvalue weighted by Gasteiger charge is -2.24. The quantitative estimate of drug-likeness (QED) is 0.923. The van der Waals surface area contributed by atoms with Crippen molar-refractivity contribution in [3.05, 3.63) is 35.9 Å². The summed E-state index contributed by atoms with van der Waals surface area (Å²) in [6.45, 7) is 9.16. The number of alkyl carbamates (subject to hydrolysis) is 1. The molecule has 0 aliphatic heterocycles. The van der Waals surface area contributed by atoms with Gasteiger partial charge in [-0.15, -0.1) is 0 Å². The maximum absolute atomic E-state index is 12.6. The molecule has 0 unspecified atom stereocenters. The van der Waals surface area contributed by atoms with Crippen molar-refractivity contribution in [2.24, 2.45) is 5.92 Å². The van der Waals surface area contributed by atoms with Crippen LogP contribution in [0.2, 0.25) is 0 Å². The van der Waals surface area contributed by atoms with Crippen LogP contribution in [-0.4, -0.2) is 23.0 Å². The maximum atomic E-state index is 12.6. The Bertz CT molecular complexity index is 559. The third-order valence-corrected chi connectivity index (χ3v) is 3.85. The van der Waals surface area contributed by atoms with E-state index < -0.39 is 17.2 Å². The highest BCUT2D eigenvalue weighted by Crippen LogP contribution is 2.53. The molecule has 4 nitrogen and oxygen atoms in total. The van der Waals surface area contributed by atoms with Crippen molar-refractivity contribution in [2.75, 3.05) is 0 Å². The Morgan fingerprint density at radius 2 is 1.82 bits per heavy atom. The van der Waals surface area contributed by atoms with Crippen LogP contribution in [0.3, 0.4) is 0 Å². The molecule has 1 N–H and O–H groups in total. The molecule has 120 valence electrons. The fourth-order valence-electron chi connectivity index (χ4n) is 2.82. The summed E-state index contributed by atoms with van der Waals surface area (Å²) in [6.07, 6.45) is 0.104. The van der Waals surface area contributed by atoms with Crippen LogP contribution in [0.15, 0.2) is 30.3 Å². The Hall–Kier alpha value is -1.84. The average molecular weight is 303 g/mol. The number of Topliss-reactive ketones (excluding diaryl/α,β-unsaturated/α-hetero) is 1. The molecule has 0 heterocycles. The van der Waals surface area contributed by atoms with E-state index in [-0.39, 0.29) is 17.6 Å². The zero-order valence-corrected chi connectivity index (χ0v) is 14.0. The number of amides is 1. The van der Waals surface area contributed by atoms with Gasteiger partial charge in [-0.2, -0.15) is 0 Å².